The summed E-state index contributed by atoms with van der Waals surface area (Å²) >= 11 is 0. The number of aromatic nitrogens is 3. The Hall–Kier alpha value is -2.49. The fraction of sp³-hybridized carbons (Fsp3) is 0.0714. The van der Waals surface area contributed by atoms with Crippen molar-refractivity contribution in [3.63, 3.8) is 0 Å². The number of methoxy groups -OCH3 is 1. The SMILES string of the molecule is COc1ccc(-c2ccnnn2)c2ccccc12. The Bertz CT molecular complexity index is 683. The molecule has 0 amide bonds. The summed E-state index contributed by atoms with van der Waals surface area (Å²) in [6.45, 7) is 0. The van der Waals surface area contributed by atoms with Crippen LogP contribution < -0.4 is 4.74 Å². The Morgan fingerprint density at radius 2 is 1.78 bits per heavy atom. The summed E-state index contributed by atoms with van der Waals surface area (Å²) in [5.41, 5.74) is 1.84. The van der Waals surface area contributed by atoms with E-state index >= 15 is 0 Å². The van der Waals surface area contributed by atoms with Crippen LogP contribution in [0.3, 0.4) is 0 Å². The molecule has 1 aromatic heterocycles. The zero-order valence-corrected chi connectivity index (χ0v) is 9.87. The number of benzene rings is 2. The first-order valence-corrected chi connectivity index (χ1v) is 5.60. The van der Waals surface area contributed by atoms with Gasteiger partial charge >= 0.3 is 0 Å². The van der Waals surface area contributed by atoms with Gasteiger partial charge in [0.2, 0.25) is 0 Å². The van der Waals surface area contributed by atoms with Gasteiger partial charge in [0.15, 0.2) is 0 Å². The first kappa shape index (κ1) is 10.7. The van der Waals surface area contributed by atoms with Crippen molar-refractivity contribution in [1.29, 1.82) is 0 Å². The topological polar surface area (TPSA) is 47.9 Å². The van der Waals surface area contributed by atoms with Gasteiger partial charge in [0.1, 0.15) is 5.75 Å². The van der Waals surface area contributed by atoms with E-state index in [0.29, 0.717) is 0 Å². The molecule has 0 fully saturated rings. The molecule has 0 bridgehead atoms. The number of ether oxygens (including phenoxy) is 1. The average Bonchev–Trinajstić information content (AvgIpc) is 2.47. The zero-order chi connectivity index (χ0) is 12.4. The summed E-state index contributed by atoms with van der Waals surface area (Å²) in [6, 6.07) is 13.9. The molecule has 0 atom stereocenters. The van der Waals surface area contributed by atoms with Crippen molar-refractivity contribution in [2.75, 3.05) is 7.11 Å². The van der Waals surface area contributed by atoms with Crippen molar-refractivity contribution in [1.82, 2.24) is 15.4 Å². The molecule has 2 aromatic carbocycles. The molecule has 0 aliphatic heterocycles. The van der Waals surface area contributed by atoms with E-state index < -0.39 is 0 Å². The standard InChI is InChI=1S/C14H11N3O/c1-18-14-7-6-11(13-8-9-15-17-16-13)10-4-2-3-5-12(10)14/h2-9H,1H3. The second kappa shape index (κ2) is 4.41. The van der Waals surface area contributed by atoms with Gasteiger partial charge in [-0.05, 0) is 28.8 Å². The fourth-order valence-corrected chi connectivity index (χ4v) is 2.06. The molecule has 1 heterocycles. The molecule has 0 unspecified atom stereocenters. The van der Waals surface area contributed by atoms with Crippen molar-refractivity contribution in [3.05, 3.63) is 48.7 Å². The van der Waals surface area contributed by atoms with E-state index in [9.17, 15) is 0 Å². The second-order valence-corrected chi connectivity index (χ2v) is 3.87. The molecule has 0 radical (unpaired) electrons. The Balaban J connectivity index is 2.32. The third-order valence-electron chi connectivity index (χ3n) is 2.88. The average molecular weight is 237 g/mol. The van der Waals surface area contributed by atoms with E-state index in [2.05, 4.69) is 21.5 Å². The first-order valence-electron chi connectivity index (χ1n) is 5.60. The number of rotatable bonds is 2. The molecule has 4 nitrogen and oxygen atoms in total. The summed E-state index contributed by atoms with van der Waals surface area (Å²) in [4.78, 5) is 0. The summed E-state index contributed by atoms with van der Waals surface area (Å²) in [7, 11) is 1.67. The maximum atomic E-state index is 5.37. The quantitative estimate of drug-likeness (QED) is 0.687. The third kappa shape index (κ3) is 1.68. The molecule has 0 N–H and O–H groups in total. The van der Waals surface area contributed by atoms with Crippen molar-refractivity contribution < 1.29 is 4.74 Å². The van der Waals surface area contributed by atoms with Crippen LogP contribution in [0.15, 0.2) is 48.7 Å². The predicted molar refractivity (Wildman–Crippen MR) is 69.3 cm³/mol. The third-order valence-corrected chi connectivity index (χ3v) is 2.88. The van der Waals surface area contributed by atoms with Crippen LogP contribution in [0.1, 0.15) is 0 Å². The number of nitrogens with zero attached hydrogens (tertiary/aromatic N) is 3. The summed E-state index contributed by atoms with van der Waals surface area (Å²) in [5.74, 6) is 0.858. The van der Waals surface area contributed by atoms with Gasteiger partial charge in [0.25, 0.3) is 0 Å². The van der Waals surface area contributed by atoms with Crippen molar-refractivity contribution in [3.8, 4) is 17.0 Å². The van der Waals surface area contributed by atoms with Gasteiger partial charge < -0.3 is 4.74 Å². The number of hydrogen-bond acceptors (Lipinski definition) is 4. The molecule has 0 aliphatic carbocycles. The van der Waals surface area contributed by atoms with Gasteiger partial charge in [0.05, 0.1) is 19.0 Å². The molecule has 4 heteroatoms. The molecule has 0 spiro atoms. The van der Waals surface area contributed by atoms with Crippen LogP contribution in [0.2, 0.25) is 0 Å². The maximum absolute atomic E-state index is 5.37. The van der Waals surface area contributed by atoms with E-state index in [4.69, 9.17) is 4.74 Å². The highest BCUT2D eigenvalue weighted by Gasteiger charge is 2.08. The van der Waals surface area contributed by atoms with Gasteiger partial charge in [-0.3, -0.25) is 0 Å². The van der Waals surface area contributed by atoms with Crippen LogP contribution in [0.5, 0.6) is 5.75 Å². The van der Waals surface area contributed by atoms with Crippen LogP contribution in [0.25, 0.3) is 22.0 Å². The molecule has 0 aliphatic rings. The lowest BCUT2D eigenvalue weighted by Gasteiger charge is -2.09. The minimum Gasteiger partial charge on any atom is -0.496 e. The van der Waals surface area contributed by atoms with Crippen LogP contribution in [0, 0.1) is 0 Å². The van der Waals surface area contributed by atoms with Crippen molar-refractivity contribution in [2.24, 2.45) is 0 Å². The van der Waals surface area contributed by atoms with E-state index in [1.54, 1.807) is 13.3 Å². The van der Waals surface area contributed by atoms with E-state index in [1.807, 2.05) is 36.4 Å². The molecular weight excluding hydrogens is 226 g/mol. The van der Waals surface area contributed by atoms with Crippen LogP contribution >= 0.6 is 0 Å². The van der Waals surface area contributed by atoms with Crippen LogP contribution in [0.4, 0.5) is 0 Å². The molecule has 3 rings (SSSR count). The van der Waals surface area contributed by atoms with Gasteiger partial charge in [-0.15, -0.1) is 10.2 Å². The lowest BCUT2D eigenvalue weighted by Crippen LogP contribution is -1.91. The van der Waals surface area contributed by atoms with Crippen molar-refractivity contribution >= 4 is 10.8 Å². The highest BCUT2D eigenvalue weighted by molar-refractivity contribution is 5.99. The van der Waals surface area contributed by atoms with E-state index in [-0.39, 0.29) is 0 Å². The highest BCUT2D eigenvalue weighted by atomic mass is 16.5. The van der Waals surface area contributed by atoms with Crippen LogP contribution in [-0.2, 0) is 0 Å². The monoisotopic (exact) mass is 237 g/mol. The molecular formula is C14H11N3O. The van der Waals surface area contributed by atoms with E-state index in [0.717, 1.165) is 27.8 Å². The van der Waals surface area contributed by atoms with Gasteiger partial charge in [-0.2, -0.15) is 0 Å². The molecule has 0 saturated carbocycles. The van der Waals surface area contributed by atoms with Gasteiger partial charge in [-0.1, -0.05) is 24.3 Å². The van der Waals surface area contributed by atoms with Gasteiger partial charge in [0, 0.05) is 10.9 Å². The summed E-state index contributed by atoms with van der Waals surface area (Å²) in [6.07, 6.45) is 1.64. The Morgan fingerprint density at radius 1 is 0.944 bits per heavy atom. The second-order valence-electron chi connectivity index (χ2n) is 3.87. The normalized spacial score (nSPS) is 10.5. The Kier molecular flexibility index (Phi) is 2.61. The molecule has 0 saturated heterocycles. The molecule has 18 heavy (non-hydrogen) atoms. The maximum Gasteiger partial charge on any atom is 0.126 e. The lowest BCUT2D eigenvalue weighted by molar-refractivity contribution is 0.420. The summed E-state index contributed by atoms with van der Waals surface area (Å²) in [5, 5.41) is 13.6. The minimum absolute atomic E-state index is 0.809. The van der Waals surface area contributed by atoms with Crippen LogP contribution in [-0.4, -0.2) is 22.5 Å². The number of fused-ring (bicyclic) bond motifs is 1. The Labute approximate surface area is 104 Å². The first-order chi connectivity index (χ1) is 8.90. The smallest absolute Gasteiger partial charge is 0.126 e. The molecule has 3 aromatic rings. The zero-order valence-electron chi connectivity index (χ0n) is 9.87. The highest BCUT2D eigenvalue weighted by Crippen LogP contribution is 2.32. The van der Waals surface area contributed by atoms with E-state index in [1.165, 1.54) is 0 Å². The predicted octanol–water partition coefficient (Wildman–Crippen LogP) is 2.70. The largest absolute Gasteiger partial charge is 0.496 e. The number of hydrogen-bond donors (Lipinski definition) is 0. The lowest BCUT2D eigenvalue weighted by atomic mass is 10.0. The Morgan fingerprint density at radius 3 is 2.50 bits per heavy atom. The molecule has 88 valence electrons. The van der Waals surface area contributed by atoms with Gasteiger partial charge in [-0.25, -0.2) is 0 Å². The fourth-order valence-electron chi connectivity index (χ4n) is 2.06. The summed E-state index contributed by atoms with van der Waals surface area (Å²) < 4.78 is 5.37. The van der Waals surface area contributed by atoms with Crippen molar-refractivity contribution in [2.45, 2.75) is 0 Å². The minimum atomic E-state index is 0.809.